The van der Waals surface area contributed by atoms with Crippen LogP contribution in [0, 0.1) is 10.1 Å². The summed E-state index contributed by atoms with van der Waals surface area (Å²) in [6.45, 7) is 0.999. The second-order valence-electron chi connectivity index (χ2n) is 4.74. The monoisotopic (exact) mass is 264 g/mol. The molecule has 1 aliphatic heterocycles. The highest BCUT2D eigenvalue weighted by Gasteiger charge is 2.22. The van der Waals surface area contributed by atoms with Gasteiger partial charge in [0.2, 0.25) is 5.91 Å². The first-order valence-corrected chi connectivity index (χ1v) is 6.25. The molecule has 0 spiro atoms. The van der Waals surface area contributed by atoms with Crippen LogP contribution in [0.4, 0.5) is 5.69 Å². The molecule has 102 valence electrons. The van der Waals surface area contributed by atoms with Gasteiger partial charge < -0.3 is 10.0 Å². The standard InChI is InChI=1S/C13H16N2O4/c16-12-5-2-6-14(9-12)13(17)8-10-3-1-4-11(7-10)15(18)19/h1,3-4,7,12,16H,2,5-6,8-9H2/t12-/m0/s1. The van der Waals surface area contributed by atoms with Gasteiger partial charge >= 0.3 is 0 Å². The first kappa shape index (κ1) is 13.5. The molecule has 0 saturated carbocycles. The zero-order chi connectivity index (χ0) is 13.8. The molecule has 6 nitrogen and oxygen atoms in total. The van der Waals surface area contributed by atoms with E-state index in [1.54, 1.807) is 17.0 Å². The van der Waals surface area contributed by atoms with Crippen molar-refractivity contribution in [2.75, 3.05) is 13.1 Å². The summed E-state index contributed by atoms with van der Waals surface area (Å²) in [6, 6.07) is 6.09. The molecule has 0 radical (unpaired) electrons. The molecular weight excluding hydrogens is 248 g/mol. The number of β-amino-alcohol motifs (C(OH)–C–C–N with tert-alkyl or cyclic N) is 1. The van der Waals surface area contributed by atoms with Crippen molar-refractivity contribution in [2.24, 2.45) is 0 Å². The predicted octanol–water partition coefficient (Wildman–Crippen LogP) is 1.12. The number of carbonyl (C=O) groups excluding carboxylic acids is 1. The summed E-state index contributed by atoms with van der Waals surface area (Å²) in [5, 5.41) is 20.2. The lowest BCUT2D eigenvalue weighted by molar-refractivity contribution is -0.384. The molecule has 1 heterocycles. The van der Waals surface area contributed by atoms with Gasteiger partial charge in [-0.3, -0.25) is 14.9 Å². The number of amides is 1. The van der Waals surface area contributed by atoms with Crippen LogP contribution in [-0.4, -0.2) is 40.0 Å². The molecule has 1 atom stereocenters. The lowest BCUT2D eigenvalue weighted by atomic mass is 10.1. The SMILES string of the molecule is O=C(Cc1cccc([N+](=O)[O-])c1)N1CCC[C@H](O)C1. The van der Waals surface area contributed by atoms with Gasteiger partial charge in [-0.25, -0.2) is 0 Å². The van der Waals surface area contributed by atoms with Gasteiger partial charge in [0.05, 0.1) is 17.4 Å². The van der Waals surface area contributed by atoms with E-state index in [1.807, 2.05) is 0 Å². The molecule has 1 aromatic carbocycles. The van der Waals surface area contributed by atoms with Crippen LogP contribution in [-0.2, 0) is 11.2 Å². The number of nitro benzene ring substituents is 1. The number of aliphatic hydroxyl groups excluding tert-OH is 1. The Balaban J connectivity index is 2.02. The highest BCUT2D eigenvalue weighted by Crippen LogP contribution is 2.16. The lowest BCUT2D eigenvalue weighted by Gasteiger charge is -2.30. The number of piperidine rings is 1. The van der Waals surface area contributed by atoms with Crippen molar-refractivity contribution < 1.29 is 14.8 Å². The summed E-state index contributed by atoms with van der Waals surface area (Å²) in [5.74, 6) is -0.0979. The zero-order valence-electron chi connectivity index (χ0n) is 10.5. The number of carbonyl (C=O) groups is 1. The number of hydrogen-bond acceptors (Lipinski definition) is 4. The maximum Gasteiger partial charge on any atom is 0.269 e. The number of benzene rings is 1. The third-order valence-corrected chi connectivity index (χ3v) is 3.23. The Bertz CT molecular complexity index is 489. The van der Waals surface area contributed by atoms with E-state index in [1.165, 1.54) is 12.1 Å². The molecule has 0 unspecified atom stereocenters. The third-order valence-electron chi connectivity index (χ3n) is 3.23. The van der Waals surface area contributed by atoms with Crippen LogP contribution in [0.25, 0.3) is 0 Å². The number of nitrogens with zero attached hydrogens (tertiary/aromatic N) is 2. The zero-order valence-corrected chi connectivity index (χ0v) is 10.5. The Morgan fingerprint density at radius 2 is 2.32 bits per heavy atom. The average Bonchev–Trinajstić information content (AvgIpc) is 2.39. The minimum atomic E-state index is -0.474. The molecule has 1 aromatic rings. The van der Waals surface area contributed by atoms with Crippen molar-refractivity contribution in [1.29, 1.82) is 0 Å². The van der Waals surface area contributed by atoms with Crippen molar-refractivity contribution in [3.05, 3.63) is 39.9 Å². The van der Waals surface area contributed by atoms with Gasteiger partial charge in [-0.1, -0.05) is 12.1 Å². The first-order valence-electron chi connectivity index (χ1n) is 6.25. The molecule has 1 N–H and O–H groups in total. The quantitative estimate of drug-likeness (QED) is 0.655. The van der Waals surface area contributed by atoms with Gasteiger partial charge in [0.15, 0.2) is 0 Å². The van der Waals surface area contributed by atoms with Crippen LogP contribution in [0.1, 0.15) is 18.4 Å². The molecule has 2 rings (SSSR count). The van der Waals surface area contributed by atoms with E-state index in [-0.39, 0.29) is 18.0 Å². The van der Waals surface area contributed by atoms with E-state index in [9.17, 15) is 20.0 Å². The molecule has 0 bridgehead atoms. The number of rotatable bonds is 3. The van der Waals surface area contributed by atoms with E-state index >= 15 is 0 Å². The van der Waals surface area contributed by atoms with Crippen LogP contribution >= 0.6 is 0 Å². The lowest BCUT2D eigenvalue weighted by Crippen LogP contribution is -2.42. The fourth-order valence-electron chi connectivity index (χ4n) is 2.25. The third kappa shape index (κ3) is 3.51. The molecule has 1 fully saturated rings. The van der Waals surface area contributed by atoms with Crippen molar-refractivity contribution in [3.8, 4) is 0 Å². The second-order valence-corrected chi connectivity index (χ2v) is 4.74. The van der Waals surface area contributed by atoms with Crippen molar-refractivity contribution in [3.63, 3.8) is 0 Å². The summed E-state index contributed by atoms with van der Waals surface area (Å²) in [4.78, 5) is 23.8. The number of likely N-dealkylation sites (tertiary alicyclic amines) is 1. The second kappa shape index (κ2) is 5.79. The maximum atomic E-state index is 12.0. The van der Waals surface area contributed by atoms with E-state index < -0.39 is 11.0 Å². The number of hydrogen-bond donors (Lipinski definition) is 1. The van der Waals surface area contributed by atoms with Gasteiger partial charge in [-0.05, 0) is 18.4 Å². The van der Waals surface area contributed by atoms with Crippen LogP contribution in [0.5, 0.6) is 0 Å². The summed E-state index contributed by atoms with van der Waals surface area (Å²) in [5.41, 5.74) is 0.614. The molecule has 1 amide bonds. The molecular formula is C13H16N2O4. The predicted molar refractivity (Wildman–Crippen MR) is 68.6 cm³/mol. The fourth-order valence-corrected chi connectivity index (χ4v) is 2.25. The van der Waals surface area contributed by atoms with E-state index in [4.69, 9.17) is 0 Å². The molecule has 1 aliphatic rings. The minimum Gasteiger partial charge on any atom is -0.391 e. The van der Waals surface area contributed by atoms with Crippen LogP contribution in [0.3, 0.4) is 0 Å². The van der Waals surface area contributed by atoms with Gasteiger partial charge in [0.25, 0.3) is 5.69 Å². The molecule has 19 heavy (non-hydrogen) atoms. The Labute approximate surface area is 110 Å². The van der Waals surface area contributed by atoms with Crippen molar-refractivity contribution >= 4 is 11.6 Å². The smallest absolute Gasteiger partial charge is 0.269 e. The fraction of sp³-hybridized carbons (Fsp3) is 0.462. The van der Waals surface area contributed by atoms with Crippen molar-refractivity contribution in [2.45, 2.75) is 25.4 Å². The van der Waals surface area contributed by atoms with E-state index in [0.29, 0.717) is 18.7 Å². The topological polar surface area (TPSA) is 83.7 Å². The van der Waals surface area contributed by atoms with Crippen LogP contribution in [0.2, 0.25) is 0 Å². The van der Waals surface area contributed by atoms with Crippen LogP contribution in [0.15, 0.2) is 24.3 Å². The van der Waals surface area contributed by atoms with E-state index in [2.05, 4.69) is 0 Å². The van der Waals surface area contributed by atoms with Gasteiger partial charge in [-0.2, -0.15) is 0 Å². The Morgan fingerprint density at radius 1 is 1.53 bits per heavy atom. The number of nitro groups is 1. The first-order chi connectivity index (χ1) is 9.06. The van der Waals surface area contributed by atoms with Crippen molar-refractivity contribution in [1.82, 2.24) is 4.90 Å². The Hall–Kier alpha value is -1.95. The van der Waals surface area contributed by atoms with Gasteiger partial charge in [0, 0.05) is 25.2 Å². The van der Waals surface area contributed by atoms with Gasteiger partial charge in [-0.15, -0.1) is 0 Å². The summed E-state index contributed by atoms with van der Waals surface area (Å²) < 4.78 is 0. The normalized spacial score (nSPS) is 19.2. The van der Waals surface area contributed by atoms with Gasteiger partial charge in [0.1, 0.15) is 0 Å². The highest BCUT2D eigenvalue weighted by molar-refractivity contribution is 5.79. The summed E-state index contributed by atoms with van der Waals surface area (Å²) in [7, 11) is 0. The molecule has 6 heteroatoms. The number of non-ortho nitro benzene ring substituents is 1. The summed E-state index contributed by atoms with van der Waals surface area (Å²) >= 11 is 0. The Morgan fingerprint density at radius 3 is 3.00 bits per heavy atom. The minimum absolute atomic E-state index is 0.0102. The highest BCUT2D eigenvalue weighted by atomic mass is 16.6. The van der Waals surface area contributed by atoms with E-state index in [0.717, 1.165) is 12.8 Å². The summed E-state index contributed by atoms with van der Waals surface area (Å²) in [6.07, 6.45) is 1.19. The average molecular weight is 264 g/mol. The molecule has 0 aromatic heterocycles. The maximum absolute atomic E-state index is 12.0. The molecule has 1 saturated heterocycles. The number of aliphatic hydroxyl groups is 1. The Kier molecular flexibility index (Phi) is 4.11. The van der Waals surface area contributed by atoms with Crippen LogP contribution < -0.4 is 0 Å². The largest absolute Gasteiger partial charge is 0.391 e. The molecule has 0 aliphatic carbocycles.